The molecule has 16 nitrogen and oxygen atoms in total. The zero-order valence-electron chi connectivity index (χ0n) is 30.8. The second-order valence-corrected chi connectivity index (χ2v) is 13.8. The number of carbonyl (C=O) groups is 4. The molecule has 0 radical (unpaired) electrons. The Bertz CT molecular complexity index is 2450. The Hall–Kier alpha value is -6.32. The average Bonchev–Trinajstić information content (AvgIpc) is 3.88. The maximum atomic E-state index is 14.3. The molecule has 0 fully saturated rings. The first-order chi connectivity index (χ1) is 25.9. The van der Waals surface area contributed by atoms with Crippen molar-refractivity contribution in [2.24, 2.45) is 17.4 Å². The van der Waals surface area contributed by atoms with Crippen LogP contribution in [0.5, 0.6) is 0 Å². The number of carbonyl (C=O) groups excluding carboxylic acids is 4. The van der Waals surface area contributed by atoms with Crippen molar-refractivity contribution >= 4 is 57.6 Å². The predicted octanol–water partition coefficient (Wildman–Crippen LogP) is 4.57. The highest BCUT2D eigenvalue weighted by Gasteiger charge is 2.26. The van der Waals surface area contributed by atoms with Gasteiger partial charge in [-0.15, -0.1) is 0 Å². The van der Waals surface area contributed by atoms with Crippen molar-refractivity contribution in [1.29, 1.82) is 0 Å². The summed E-state index contributed by atoms with van der Waals surface area (Å²) in [5, 5.41) is 15.5. The molecule has 1 aliphatic heterocycles. The summed E-state index contributed by atoms with van der Waals surface area (Å²) < 4.78 is 7.31. The third kappa shape index (κ3) is 6.81. The van der Waals surface area contributed by atoms with E-state index in [-0.39, 0.29) is 17.7 Å². The second-order valence-electron chi connectivity index (χ2n) is 13.8. The van der Waals surface area contributed by atoms with Gasteiger partial charge in [0.25, 0.3) is 11.8 Å². The Morgan fingerprint density at radius 3 is 1.91 bits per heavy atom. The van der Waals surface area contributed by atoms with Gasteiger partial charge in [0.2, 0.25) is 23.7 Å². The first-order valence-electron chi connectivity index (χ1n) is 18.3. The fourth-order valence-electron chi connectivity index (χ4n) is 7.36. The number of primary amides is 2. The molecule has 6 aromatic rings. The highest BCUT2D eigenvalue weighted by molar-refractivity contribution is 6.05. The summed E-state index contributed by atoms with van der Waals surface area (Å²) in [6.45, 7) is 9.75. The molecule has 2 aromatic carbocycles. The van der Waals surface area contributed by atoms with Gasteiger partial charge >= 0.3 is 0 Å². The molecule has 0 aliphatic carbocycles. The van der Waals surface area contributed by atoms with Crippen LogP contribution in [-0.2, 0) is 32.6 Å². The smallest absolute Gasteiger partial charge is 0.276 e. The standard InChI is InChI=1S/C38H44N12O4/c1-5-23-13-16-50-31(17-21(3)45-50)35(53)43-37-41-27-19-24(33(39)51)9-11-29(27)47(37)14-7-8-15-48-30-12-10-25(34(40)52)20-28(30)42-38(48)44-36(54)32-26(18-23)22(4)46-49(32)6-2/h9-12,17,19-20,23H,5-8,13-16,18H2,1-4H3,(H2,39,51)(H2,40,52)(H,41,43,53)(H,42,44,54). The molecule has 7 rings (SSSR count). The molecule has 1 aliphatic rings. The molecule has 1 unspecified atom stereocenters. The van der Waals surface area contributed by atoms with Gasteiger partial charge < -0.3 is 20.6 Å². The first-order valence-corrected chi connectivity index (χ1v) is 18.3. The van der Waals surface area contributed by atoms with Crippen LogP contribution in [0.1, 0.15) is 98.2 Å². The molecule has 0 saturated carbocycles. The quantitative estimate of drug-likeness (QED) is 0.201. The number of anilines is 2. The number of aryl methyl sites for hydroxylation is 6. The predicted molar refractivity (Wildman–Crippen MR) is 203 cm³/mol. The Balaban J connectivity index is 1.32. The first kappa shape index (κ1) is 36.1. The maximum Gasteiger partial charge on any atom is 0.276 e. The van der Waals surface area contributed by atoms with Crippen molar-refractivity contribution in [1.82, 2.24) is 38.7 Å². The van der Waals surface area contributed by atoms with E-state index in [1.165, 1.54) is 0 Å². The number of nitrogens with zero attached hydrogens (tertiary/aromatic N) is 8. The van der Waals surface area contributed by atoms with E-state index in [9.17, 15) is 19.2 Å². The number of hydrogen-bond acceptors (Lipinski definition) is 8. The summed E-state index contributed by atoms with van der Waals surface area (Å²) in [6.07, 6.45) is 3.40. The summed E-state index contributed by atoms with van der Waals surface area (Å²) in [5.41, 5.74) is 17.5. The molecular formula is C38H44N12O4. The van der Waals surface area contributed by atoms with E-state index in [0.29, 0.717) is 103 Å². The van der Waals surface area contributed by atoms with Gasteiger partial charge in [-0.3, -0.25) is 39.2 Å². The number of benzene rings is 2. The van der Waals surface area contributed by atoms with E-state index in [0.717, 1.165) is 28.7 Å². The number of imidazole rings is 2. The zero-order valence-corrected chi connectivity index (χ0v) is 30.8. The van der Waals surface area contributed by atoms with Crippen molar-refractivity contribution in [2.75, 3.05) is 10.6 Å². The van der Waals surface area contributed by atoms with Gasteiger partial charge in [-0.25, -0.2) is 9.97 Å². The molecule has 5 heterocycles. The summed E-state index contributed by atoms with van der Waals surface area (Å²) in [6, 6.07) is 11.9. The van der Waals surface area contributed by atoms with Crippen molar-refractivity contribution in [3.63, 3.8) is 0 Å². The van der Waals surface area contributed by atoms with E-state index in [1.54, 1.807) is 51.8 Å². The summed E-state index contributed by atoms with van der Waals surface area (Å²) in [7, 11) is 0. The normalized spacial score (nSPS) is 15.9. The van der Waals surface area contributed by atoms with Crippen LogP contribution in [-0.4, -0.2) is 62.3 Å². The van der Waals surface area contributed by atoms with Crippen LogP contribution in [0, 0.1) is 19.8 Å². The van der Waals surface area contributed by atoms with E-state index in [4.69, 9.17) is 26.5 Å². The van der Waals surface area contributed by atoms with Gasteiger partial charge in [-0.1, -0.05) is 13.3 Å². The number of aromatic nitrogens is 8. The van der Waals surface area contributed by atoms with Gasteiger partial charge in [-0.2, -0.15) is 10.2 Å². The van der Waals surface area contributed by atoms with E-state index >= 15 is 0 Å². The Morgan fingerprint density at radius 2 is 1.37 bits per heavy atom. The molecule has 16 heteroatoms. The lowest BCUT2D eigenvalue weighted by molar-refractivity contribution is 0.0992. The molecule has 1 atom stereocenters. The largest absolute Gasteiger partial charge is 0.366 e. The number of nitrogens with one attached hydrogen (secondary N) is 2. The Labute approximate surface area is 310 Å². The van der Waals surface area contributed by atoms with E-state index < -0.39 is 11.8 Å². The topological polar surface area (TPSA) is 216 Å². The van der Waals surface area contributed by atoms with Gasteiger partial charge in [-0.05, 0) is 94.8 Å². The minimum Gasteiger partial charge on any atom is -0.366 e. The lowest BCUT2D eigenvalue weighted by Crippen LogP contribution is -2.23. The minimum absolute atomic E-state index is 0.149. The molecule has 4 amide bonds. The van der Waals surface area contributed by atoms with E-state index in [2.05, 4.69) is 22.7 Å². The molecule has 4 aromatic heterocycles. The summed E-state index contributed by atoms with van der Waals surface area (Å²) >= 11 is 0. The molecule has 6 N–H and O–H groups in total. The van der Waals surface area contributed by atoms with Crippen LogP contribution < -0.4 is 22.1 Å². The Morgan fingerprint density at radius 1 is 0.796 bits per heavy atom. The SMILES string of the molecule is CCC1CCn2nc(C)cc2C(=O)Nc2nc3cc(C(N)=O)ccc3n2CCCCn2c(nc3cc(C(N)=O)ccc32)NC(=O)c2c(c(C)nn2CC)C1. The third-order valence-corrected chi connectivity index (χ3v) is 10.2. The number of hydrogen-bond donors (Lipinski definition) is 4. The van der Waals surface area contributed by atoms with Crippen molar-refractivity contribution in [3.8, 4) is 0 Å². The van der Waals surface area contributed by atoms with Crippen molar-refractivity contribution in [2.45, 2.75) is 86.0 Å². The van der Waals surface area contributed by atoms with Crippen LogP contribution in [0.4, 0.5) is 11.9 Å². The minimum atomic E-state index is -0.575. The molecule has 54 heavy (non-hydrogen) atoms. The van der Waals surface area contributed by atoms with Gasteiger partial charge in [0, 0.05) is 42.9 Å². The van der Waals surface area contributed by atoms with Crippen LogP contribution in [0.25, 0.3) is 22.1 Å². The van der Waals surface area contributed by atoms with Crippen LogP contribution in [0.3, 0.4) is 0 Å². The van der Waals surface area contributed by atoms with Gasteiger partial charge in [0.1, 0.15) is 11.4 Å². The van der Waals surface area contributed by atoms with E-state index in [1.807, 2.05) is 29.9 Å². The highest BCUT2D eigenvalue weighted by atomic mass is 16.2. The Kier molecular flexibility index (Phi) is 9.75. The maximum absolute atomic E-state index is 14.3. The zero-order chi connectivity index (χ0) is 38.3. The fraction of sp³-hybridized carbons (Fsp3) is 0.368. The van der Waals surface area contributed by atoms with Crippen molar-refractivity contribution in [3.05, 3.63) is 81.9 Å². The van der Waals surface area contributed by atoms with Crippen LogP contribution in [0.2, 0.25) is 0 Å². The third-order valence-electron chi connectivity index (χ3n) is 10.2. The number of amides is 4. The molecule has 0 spiro atoms. The lowest BCUT2D eigenvalue weighted by Gasteiger charge is -2.18. The number of fused-ring (bicyclic) bond motifs is 8. The second kappa shape index (κ2) is 14.6. The molecule has 280 valence electrons. The lowest BCUT2D eigenvalue weighted by atomic mass is 9.92. The van der Waals surface area contributed by atoms with Gasteiger partial charge in [0.15, 0.2) is 0 Å². The van der Waals surface area contributed by atoms with Crippen LogP contribution in [0.15, 0.2) is 42.5 Å². The highest BCUT2D eigenvalue weighted by Crippen LogP contribution is 2.28. The van der Waals surface area contributed by atoms with Crippen molar-refractivity contribution < 1.29 is 19.2 Å². The summed E-state index contributed by atoms with van der Waals surface area (Å²) in [5.74, 6) is -1.00. The van der Waals surface area contributed by atoms with Gasteiger partial charge in [0.05, 0.1) is 33.5 Å². The number of nitrogens with two attached hydrogens (primary N) is 2. The fourth-order valence-corrected chi connectivity index (χ4v) is 7.36. The number of rotatable bonds is 4. The molecular weight excluding hydrogens is 688 g/mol. The average molecular weight is 733 g/mol. The molecule has 0 saturated heterocycles. The molecule has 0 bridgehead atoms. The van der Waals surface area contributed by atoms with Crippen LogP contribution >= 0.6 is 0 Å². The summed E-state index contributed by atoms with van der Waals surface area (Å²) in [4.78, 5) is 61.8. The monoisotopic (exact) mass is 732 g/mol.